The molecule has 1 aromatic carbocycles. The lowest BCUT2D eigenvalue weighted by Crippen LogP contribution is -2.23. The van der Waals surface area contributed by atoms with Gasteiger partial charge in [0.1, 0.15) is 0 Å². The number of aromatic nitrogens is 5. The summed E-state index contributed by atoms with van der Waals surface area (Å²) in [7, 11) is 0. The van der Waals surface area contributed by atoms with Crippen molar-refractivity contribution in [3.8, 4) is 17.1 Å². The molecule has 0 fully saturated rings. The summed E-state index contributed by atoms with van der Waals surface area (Å²) in [4.78, 5) is 30.4. The second-order valence-corrected chi connectivity index (χ2v) is 5.64. The van der Waals surface area contributed by atoms with Crippen LogP contribution < -0.4 is 10.9 Å². The molecule has 0 aliphatic heterocycles. The number of carbonyl (C=O) groups excluding carboxylic acids is 1. The quantitative estimate of drug-likeness (QED) is 0.556. The summed E-state index contributed by atoms with van der Waals surface area (Å²) in [6.07, 6.45) is 4.97. The van der Waals surface area contributed by atoms with Gasteiger partial charge in [0.25, 0.3) is 5.91 Å². The van der Waals surface area contributed by atoms with E-state index in [0.717, 1.165) is 5.69 Å². The van der Waals surface area contributed by atoms with Crippen LogP contribution in [0.15, 0.2) is 70.4 Å². The zero-order valence-electron chi connectivity index (χ0n) is 14.0. The first-order valence-electron chi connectivity index (χ1n) is 8.09. The fraction of sp³-hybridized carbons (Fsp3) is 0.0556. The third-order valence-electron chi connectivity index (χ3n) is 3.78. The van der Waals surface area contributed by atoms with Gasteiger partial charge in [-0.3, -0.25) is 9.59 Å². The number of aromatic amines is 1. The maximum atomic E-state index is 12.4. The molecule has 134 valence electrons. The lowest BCUT2D eigenvalue weighted by molar-refractivity contribution is 0.0946. The fourth-order valence-corrected chi connectivity index (χ4v) is 2.50. The topological polar surface area (TPSA) is 119 Å². The van der Waals surface area contributed by atoms with Crippen LogP contribution in [-0.4, -0.2) is 30.8 Å². The lowest BCUT2D eigenvalue weighted by Gasteiger charge is -2.05. The minimum atomic E-state index is -0.278. The van der Waals surface area contributed by atoms with E-state index in [-0.39, 0.29) is 29.7 Å². The first-order chi connectivity index (χ1) is 13.2. The zero-order chi connectivity index (χ0) is 18.6. The Morgan fingerprint density at radius 2 is 2.15 bits per heavy atom. The van der Waals surface area contributed by atoms with Gasteiger partial charge in [-0.15, -0.1) is 0 Å². The van der Waals surface area contributed by atoms with Crippen LogP contribution in [0.4, 0.5) is 0 Å². The van der Waals surface area contributed by atoms with Gasteiger partial charge in [-0.1, -0.05) is 11.2 Å². The van der Waals surface area contributed by atoms with Gasteiger partial charge in [-0.25, -0.2) is 4.68 Å². The summed E-state index contributed by atoms with van der Waals surface area (Å²) in [6, 6.07) is 11.9. The second-order valence-electron chi connectivity index (χ2n) is 5.64. The first-order valence-corrected chi connectivity index (χ1v) is 8.09. The van der Waals surface area contributed by atoms with Crippen molar-refractivity contribution >= 4 is 5.91 Å². The minimum Gasteiger partial charge on any atom is -0.343 e. The number of nitrogens with zero attached hydrogens (tertiary/aromatic N) is 4. The van der Waals surface area contributed by atoms with Crippen molar-refractivity contribution in [1.82, 2.24) is 30.2 Å². The summed E-state index contributed by atoms with van der Waals surface area (Å²) in [5.74, 6) is 0.243. The van der Waals surface area contributed by atoms with Crippen LogP contribution in [0.3, 0.4) is 0 Å². The van der Waals surface area contributed by atoms with Gasteiger partial charge in [0.2, 0.25) is 17.3 Å². The molecular formula is C18H14N6O3. The van der Waals surface area contributed by atoms with E-state index in [1.165, 1.54) is 12.3 Å². The Kier molecular flexibility index (Phi) is 4.32. The summed E-state index contributed by atoms with van der Waals surface area (Å²) in [5.41, 5.74) is 1.54. The average Bonchev–Trinajstić information content (AvgIpc) is 3.38. The van der Waals surface area contributed by atoms with E-state index in [1.54, 1.807) is 47.4 Å². The Bertz CT molecular complexity index is 1130. The predicted octanol–water partition coefficient (Wildman–Crippen LogP) is 1.54. The predicted molar refractivity (Wildman–Crippen MR) is 95.1 cm³/mol. The molecule has 3 aromatic heterocycles. The highest BCUT2D eigenvalue weighted by molar-refractivity contribution is 5.94. The number of amides is 1. The molecule has 0 atom stereocenters. The van der Waals surface area contributed by atoms with Gasteiger partial charge in [-0.2, -0.15) is 10.1 Å². The van der Waals surface area contributed by atoms with E-state index >= 15 is 0 Å². The lowest BCUT2D eigenvalue weighted by atomic mass is 10.2. The summed E-state index contributed by atoms with van der Waals surface area (Å²) in [5, 5.41) is 10.7. The van der Waals surface area contributed by atoms with E-state index in [4.69, 9.17) is 4.52 Å². The van der Waals surface area contributed by atoms with Crippen LogP contribution >= 0.6 is 0 Å². The average molecular weight is 362 g/mol. The molecule has 0 radical (unpaired) electrons. The summed E-state index contributed by atoms with van der Waals surface area (Å²) in [6.45, 7) is 0.0705. The molecule has 4 rings (SSSR count). The number of carbonyl (C=O) groups is 1. The molecule has 0 saturated carbocycles. The molecule has 1 amide bonds. The van der Waals surface area contributed by atoms with Crippen LogP contribution in [-0.2, 0) is 6.54 Å². The van der Waals surface area contributed by atoms with Crippen molar-refractivity contribution in [2.24, 2.45) is 0 Å². The van der Waals surface area contributed by atoms with Gasteiger partial charge >= 0.3 is 0 Å². The maximum Gasteiger partial charge on any atom is 0.251 e. The van der Waals surface area contributed by atoms with Gasteiger partial charge in [0, 0.05) is 35.8 Å². The maximum absolute atomic E-state index is 12.4. The van der Waals surface area contributed by atoms with E-state index < -0.39 is 0 Å². The molecule has 27 heavy (non-hydrogen) atoms. The molecule has 2 N–H and O–H groups in total. The van der Waals surface area contributed by atoms with E-state index in [1.807, 2.05) is 6.07 Å². The molecule has 0 unspecified atom stereocenters. The number of nitrogens with one attached hydrogen (secondary N) is 2. The summed E-state index contributed by atoms with van der Waals surface area (Å²) >= 11 is 0. The molecule has 0 aliphatic rings. The third-order valence-corrected chi connectivity index (χ3v) is 3.78. The summed E-state index contributed by atoms with van der Waals surface area (Å²) < 4.78 is 6.79. The molecule has 4 aromatic rings. The largest absolute Gasteiger partial charge is 0.343 e. The van der Waals surface area contributed by atoms with Gasteiger partial charge in [0.05, 0.1) is 12.2 Å². The van der Waals surface area contributed by atoms with E-state index in [9.17, 15) is 9.59 Å². The number of H-pyrrole nitrogens is 1. The smallest absolute Gasteiger partial charge is 0.251 e. The fourth-order valence-electron chi connectivity index (χ4n) is 2.50. The first kappa shape index (κ1) is 16.5. The number of hydrogen-bond donors (Lipinski definition) is 2. The minimum absolute atomic E-state index is 0.0705. The van der Waals surface area contributed by atoms with E-state index in [0.29, 0.717) is 11.1 Å². The molecule has 9 nitrogen and oxygen atoms in total. The molecule has 0 saturated heterocycles. The van der Waals surface area contributed by atoms with E-state index in [2.05, 4.69) is 25.5 Å². The van der Waals surface area contributed by atoms with Crippen molar-refractivity contribution < 1.29 is 9.32 Å². The van der Waals surface area contributed by atoms with Crippen molar-refractivity contribution in [3.63, 3.8) is 0 Å². The molecule has 0 aliphatic carbocycles. The number of pyridine rings is 1. The Hall–Kier alpha value is -4.01. The van der Waals surface area contributed by atoms with Crippen LogP contribution in [0, 0.1) is 0 Å². The second kappa shape index (κ2) is 7.08. The van der Waals surface area contributed by atoms with Gasteiger partial charge in [-0.05, 0) is 30.3 Å². The van der Waals surface area contributed by atoms with Crippen molar-refractivity contribution in [3.05, 3.63) is 82.9 Å². The Labute approximate surface area is 152 Å². The zero-order valence-corrected chi connectivity index (χ0v) is 14.0. The Balaban J connectivity index is 1.44. The van der Waals surface area contributed by atoms with Crippen molar-refractivity contribution in [1.29, 1.82) is 0 Å². The highest BCUT2D eigenvalue weighted by Gasteiger charge is 2.12. The Morgan fingerprint density at radius 3 is 2.96 bits per heavy atom. The highest BCUT2D eigenvalue weighted by Crippen LogP contribution is 2.13. The Morgan fingerprint density at radius 1 is 1.22 bits per heavy atom. The monoisotopic (exact) mass is 362 g/mol. The van der Waals surface area contributed by atoms with Gasteiger partial charge < -0.3 is 14.8 Å². The van der Waals surface area contributed by atoms with Crippen LogP contribution in [0.2, 0.25) is 0 Å². The highest BCUT2D eigenvalue weighted by atomic mass is 16.5. The number of benzene rings is 1. The number of hydrogen-bond acceptors (Lipinski definition) is 6. The van der Waals surface area contributed by atoms with Crippen LogP contribution in [0.5, 0.6) is 0 Å². The van der Waals surface area contributed by atoms with Gasteiger partial charge in [0.15, 0.2) is 0 Å². The molecule has 0 spiro atoms. The molecule has 9 heteroatoms. The molecule has 3 heterocycles. The van der Waals surface area contributed by atoms with Crippen molar-refractivity contribution in [2.75, 3.05) is 0 Å². The molecular weight excluding hydrogens is 348 g/mol. The number of rotatable bonds is 5. The van der Waals surface area contributed by atoms with Crippen LogP contribution in [0.1, 0.15) is 16.2 Å². The SMILES string of the molecule is O=C(NCc1nc(-c2cc[nH]c(=O)c2)no1)c1cccc(-n2cccn2)c1. The van der Waals surface area contributed by atoms with Crippen molar-refractivity contribution in [2.45, 2.75) is 6.54 Å². The molecule has 0 bridgehead atoms. The standard InChI is InChI=1S/C18H14N6O3/c25-15-10-12(5-7-19-15)17-22-16(27-23-17)11-20-18(26)13-3-1-4-14(9-13)24-8-2-6-21-24/h1-10H,11H2,(H,19,25)(H,20,26). The van der Waals surface area contributed by atoms with Crippen LogP contribution in [0.25, 0.3) is 17.1 Å². The normalized spacial score (nSPS) is 10.7. The third kappa shape index (κ3) is 3.66.